The Morgan fingerprint density at radius 2 is 1.77 bits per heavy atom. The predicted octanol–water partition coefficient (Wildman–Crippen LogP) is 4.07. The third-order valence-corrected chi connectivity index (χ3v) is 7.33. The van der Waals surface area contributed by atoms with Crippen molar-refractivity contribution < 1.29 is 19.8 Å². The number of amides is 2. The number of carbonyl (C=O) groups excluding carboxylic acids is 2. The van der Waals surface area contributed by atoms with Crippen LogP contribution in [-0.2, 0) is 22.6 Å². The Balaban J connectivity index is 0.000000420. The van der Waals surface area contributed by atoms with Crippen LogP contribution in [0.25, 0.3) is 0 Å². The topological polar surface area (TPSA) is 89.9 Å². The lowest BCUT2D eigenvalue weighted by atomic mass is 10.1. The molecule has 0 spiro atoms. The number of aliphatic hydroxyl groups is 2. The van der Waals surface area contributed by atoms with Gasteiger partial charge in [0.1, 0.15) is 0 Å². The fraction of sp³-hybridized carbons (Fsp3) is 0.407. The summed E-state index contributed by atoms with van der Waals surface area (Å²) in [5, 5.41) is 23.5. The minimum Gasteiger partial charge on any atom is -0.380 e. The average molecular weight is 517 g/mol. The highest BCUT2D eigenvalue weighted by atomic mass is 35.5. The number of hydrogen-bond acceptors (Lipinski definition) is 5. The summed E-state index contributed by atoms with van der Waals surface area (Å²) in [6.45, 7) is 3.45. The second-order valence-electron chi connectivity index (χ2n) is 8.68. The van der Waals surface area contributed by atoms with Gasteiger partial charge in [0.15, 0.2) is 12.2 Å². The van der Waals surface area contributed by atoms with Gasteiger partial charge >= 0.3 is 0 Å². The van der Waals surface area contributed by atoms with E-state index in [1.165, 1.54) is 20.9 Å². The molecular weight excluding hydrogens is 484 g/mol. The summed E-state index contributed by atoms with van der Waals surface area (Å²) in [5.41, 5.74) is 2.50. The highest BCUT2D eigenvalue weighted by Crippen LogP contribution is 2.21. The molecule has 6 nitrogen and oxygen atoms in total. The monoisotopic (exact) mass is 516 g/mol. The smallest absolute Gasteiger partial charge is 0.254 e. The number of halogens is 1. The number of thiophene rings is 1. The number of nitrogens with one attached hydrogen (secondary N) is 1. The Labute approximate surface area is 215 Å². The van der Waals surface area contributed by atoms with Gasteiger partial charge in [-0.15, -0.1) is 11.3 Å². The van der Waals surface area contributed by atoms with Crippen LogP contribution >= 0.6 is 22.9 Å². The largest absolute Gasteiger partial charge is 0.380 e. The molecular formula is C27H33ClN2O4S. The molecule has 0 bridgehead atoms. The molecule has 188 valence electrons. The quantitative estimate of drug-likeness (QED) is 0.517. The van der Waals surface area contributed by atoms with E-state index in [-0.39, 0.29) is 6.54 Å². The zero-order valence-electron chi connectivity index (χ0n) is 20.0. The molecule has 2 unspecified atom stereocenters. The van der Waals surface area contributed by atoms with Gasteiger partial charge in [0, 0.05) is 34.3 Å². The van der Waals surface area contributed by atoms with E-state index in [1.54, 1.807) is 11.3 Å². The summed E-state index contributed by atoms with van der Waals surface area (Å²) in [7, 11) is 0. The van der Waals surface area contributed by atoms with Crippen molar-refractivity contribution in [2.24, 2.45) is 0 Å². The van der Waals surface area contributed by atoms with Crippen LogP contribution in [0.3, 0.4) is 0 Å². The minimum atomic E-state index is -1.76. The highest BCUT2D eigenvalue weighted by Gasteiger charge is 2.34. The molecule has 2 aromatic rings. The number of likely N-dealkylation sites (tertiary alicyclic amines) is 1. The van der Waals surface area contributed by atoms with Crippen LogP contribution in [0.2, 0.25) is 0 Å². The third-order valence-electron chi connectivity index (χ3n) is 5.97. The third kappa shape index (κ3) is 8.32. The normalized spacial score (nSPS) is 16.7. The van der Waals surface area contributed by atoms with Crippen molar-refractivity contribution in [3.8, 4) is 0 Å². The summed E-state index contributed by atoms with van der Waals surface area (Å²) >= 11 is 7.18. The van der Waals surface area contributed by atoms with Crippen molar-refractivity contribution >= 4 is 34.8 Å². The van der Waals surface area contributed by atoms with Crippen LogP contribution in [0, 0.1) is 6.92 Å². The standard InChI is InChI=1S/C21H26N2O4S.C6H7Cl/c1-14-6-2-3-7-15(14)12-16-8-9-17(28-16)13-22-20(26)18(24)19(25)21(27)23-10-4-5-11-23;7-6-4-2-1-3-5-6/h2-3,6-9,18-19,24-25H,4-5,10-13H2,1H3,(H,22,26);2,4-5H,1,3H2. The van der Waals surface area contributed by atoms with Crippen molar-refractivity contribution in [1.29, 1.82) is 0 Å². The maximum atomic E-state index is 12.1. The molecule has 1 fully saturated rings. The maximum Gasteiger partial charge on any atom is 0.254 e. The fourth-order valence-electron chi connectivity index (χ4n) is 3.87. The second-order valence-corrected chi connectivity index (χ2v) is 10.4. The summed E-state index contributed by atoms with van der Waals surface area (Å²) in [5.74, 6) is -1.33. The van der Waals surface area contributed by atoms with Gasteiger partial charge in [0.25, 0.3) is 11.8 Å². The Morgan fingerprint density at radius 1 is 1.06 bits per heavy atom. The second kappa shape index (κ2) is 13.6. The molecule has 2 atom stereocenters. The predicted molar refractivity (Wildman–Crippen MR) is 140 cm³/mol. The van der Waals surface area contributed by atoms with Crippen LogP contribution in [0.1, 0.15) is 46.6 Å². The number of nitrogens with zero attached hydrogens (tertiary/aromatic N) is 1. The lowest BCUT2D eigenvalue weighted by Crippen LogP contribution is -2.50. The Hall–Kier alpha value is -2.45. The van der Waals surface area contributed by atoms with Crippen LogP contribution < -0.4 is 5.32 Å². The van der Waals surface area contributed by atoms with Gasteiger partial charge in [0.2, 0.25) is 0 Å². The van der Waals surface area contributed by atoms with Crippen molar-refractivity contribution in [2.45, 2.75) is 57.8 Å². The highest BCUT2D eigenvalue weighted by molar-refractivity contribution is 7.12. The SMILES string of the molecule is Cc1ccccc1Cc1ccc(CNC(=O)C(O)C(O)C(=O)N2CCCC2)s1.ClC1=CCCC=C1. The van der Waals surface area contributed by atoms with Gasteiger partial charge in [-0.1, -0.05) is 48.0 Å². The van der Waals surface area contributed by atoms with Crippen molar-refractivity contribution in [2.75, 3.05) is 13.1 Å². The van der Waals surface area contributed by atoms with Crippen LogP contribution in [0.15, 0.2) is 59.7 Å². The molecule has 3 N–H and O–H groups in total. The van der Waals surface area contributed by atoms with Crippen LogP contribution in [-0.4, -0.2) is 52.2 Å². The van der Waals surface area contributed by atoms with E-state index in [4.69, 9.17) is 11.6 Å². The minimum absolute atomic E-state index is 0.249. The number of aryl methyl sites for hydroxylation is 1. The summed E-state index contributed by atoms with van der Waals surface area (Å²) in [4.78, 5) is 27.9. The number of carbonyl (C=O) groups is 2. The molecule has 1 aliphatic heterocycles. The Bertz CT molecular complexity index is 1060. The number of benzene rings is 1. The molecule has 4 rings (SSSR count). The zero-order valence-corrected chi connectivity index (χ0v) is 21.5. The van der Waals surface area contributed by atoms with Gasteiger partial charge in [-0.25, -0.2) is 0 Å². The van der Waals surface area contributed by atoms with E-state index in [0.717, 1.165) is 42.0 Å². The average Bonchev–Trinajstić information content (AvgIpc) is 3.56. The van der Waals surface area contributed by atoms with E-state index in [2.05, 4.69) is 30.4 Å². The van der Waals surface area contributed by atoms with Gasteiger partial charge in [-0.3, -0.25) is 9.59 Å². The van der Waals surface area contributed by atoms with Gasteiger partial charge in [0.05, 0.1) is 6.54 Å². The van der Waals surface area contributed by atoms with E-state index >= 15 is 0 Å². The van der Waals surface area contributed by atoms with Gasteiger partial charge < -0.3 is 20.4 Å². The molecule has 2 heterocycles. The first-order valence-corrected chi connectivity index (χ1v) is 13.1. The van der Waals surface area contributed by atoms with Crippen molar-refractivity contribution in [3.05, 3.63) is 80.5 Å². The van der Waals surface area contributed by atoms with Crippen LogP contribution in [0.5, 0.6) is 0 Å². The van der Waals surface area contributed by atoms with E-state index in [0.29, 0.717) is 13.1 Å². The zero-order chi connectivity index (χ0) is 25.2. The van der Waals surface area contributed by atoms with Gasteiger partial charge in [-0.05, 0) is 61.9 Å². The molecule has 1 saturated heterocycles. The van der Waals surface area contributed by atoms with E-state index in [9.17, 15) is 19.8 Å². The molecule has 1 aromatic heterocycles. The summed E-state index contributed by atoms with van der Waals surface area (Å²) < 4.78 is 0. The molecule has 2 amide bonds. The Morgan fingerprint density at radius 3 is 2.40 bits per heavy atom. The molecule has 1 aromatic carbocycles. The lowest BCUT2D eigenvalue weighted by molar-refractivity contribution is -0.152. The van der Waals surface area contributed by atoms with Gasteiger partial charge in [-0.2, -0.15) is 0 Å². The van der Waals surface area contributed by atoms with E-state index in [1.807, 2.05) is 36.4 Å². The number of hydrogen-bond donors (Lipinski definition) is 3. The molecule has 0 saturated carbocycles. The summed E-state index contributed by atoms with van der Waals surface area (Å²) in [6, 6.07) is 12.2. The number of allylic oxidation sites excluding steroid dienone is 4. The first-order valence-electron chi connectivity index (χ1n) is 11.9. The number of rotatable bonds is 7. The molecule has 2 aliphatic rings. The maximum absolute atomic E-state index is 12.1. The lowest BCUT2D eigenvalue weighted by Gasteiger charge is -2.22. The Kier molecular flexibility index (Phi) is 10.5. The molecule has 0 radical (unpaired) electrons. The summed E-state index contributed by atoms with van der Waals surface area (Å²) in [6.07, 6.45) is 7.41. The molecule has 1 aliphatic carbocycles. The molecule has 35 heavy (non-hydrogen) atoms. The van der Waals surface area contributed by atoms with Crippen LogP contribution in [0.4, 0.5) is 0 Å². The first kappa shape index (κ1) is 27.1. The first-order chi connectivity index (χ1) is 16.8. The van der Waals surface area contributed by atoms with E-state index < -0.39 is 24.0 Å². The fourth-order valence-corrected chi connectivity index (χ4v) is 5.05. The number of aliphatic hydroxyl groups excluding tert-OH is 2. The van der Waals surface area contributed by atoms with Crippen molar-refractivity contribution in [3.63, 3.8) is 0 Å². The van der Waals surface area contributed by atoms with Crippen molar-refractivity contribution in [1.82, 2.24) is 10.2 Å². The molecule has 8 heteroatoms.